The van der Waals surface area contributed by atoms with E-state index in [0.29, 0.717) is 16.5 Å². The average molecular weight is 480 g/mol. The Balaban J connectivity index is 1.19. The van der Waals surface area contributed by atoms with E-state index in [1.807, 2.05) is 18.2 Å². The fourth-order valence-electron chi connectivity index (χ4n) is 3.72. The van der Waals surface area contributed by atoms with Crippen molar-refractivity contribution in [2.75, 3.05) is 42.6 Å². The van der Waals surface area contributed by atoms with Gasteiger partial charge in [0.05, 0.1) is 10.2 Å². The van der Waals surface area contributed by atoms with Crippen LogP contribution in [0.3, 0.4) is 0 Å². The lowest BCUT2D eigenvalue weighted by atomic mass is 10.2. The summed E-state index contributed by atoms with van der Waals surface area (Å²) in [6.45, 7) is 3.56. The molecular weight excluding hydrogens is 458 g/mol. The minimum absolute atomic E-state index is 0.181. The highest BCUT2D eigenvalue weighted by atomic mass is 35.5. The molecule has 1 aliphatic heterocycles. The number of para-hydroxylation sites is 1. The number of piperazine rings is 1. The van der Waals surface area contributed by atoms with E-state index < -0.39 is 5.97 Å². The first-order chi connectivity index (χ1) is 16.1. The van der Waals surface area contributed by atoms with Gasteiger partial charge in [-0.3, -0.25) is 0 Å². The fourth-order valence-corrected chi connectivity index (χ4v) is 4.89. The van der Waals surface area contributed by atoms with Crippen molar-refractivity contribution in [3.05, 3.63) is 77.8 Å². The zero-order valence-corrected chi connectivity index (χ0v) is 19.4. The molecule has 1 aromatic heterocycles. The molecule has 3 aromatic carbocycles. The van der Waals surface area contributed by atoms with Crippen molar-refractivity contribution in [3.63, 3.8) is 0 Å². The van der Waals surface area contributed by atoms with Gasteiger partial charge in [0, 0.05) is 43.0 Å². The van der Waals surface area contributed by atoms with E-state index >= 15 is 0 Å². The van der Waals surface area contributed by atoms with Crippen LogP contribution in [0.2, 0.25) is 5.02 Å². The summed E-state index contributed by atoms with van der Waals surface area (Å²) in [4.78, 5) is 21.7. The van der Waals surface area contributed by atoms with Gasteiger partial charge in [0.1, 0.15) is 11.5 Å². The first-order valence-corrected chi connectivity index (χ1v) is 11.9. The Hall–Kier alpha value is -3.29. The SMILES string of the molecule is O=C(COc1ccc(Cl)cc1)Oc1ccc2nc(N3CCN(c4ccccc4)CC3)sc2c1. The summed E-state index contributed by atoms with van der Waals surface area (Å²) in [7, 11) is 0. The van der Waals surface area contributed by atoms with E-state index in [0.717, 1.165) is 41.5 Å². The van der Waals surface area contributed by atoms with Crippen molar-refractivity contribution in [1.29, 1.82) is 0 Å². The molecule has 8 heteroatoms. The maximum atomic E-state index is 12.2. The Morgan fingerprint density at radius 3 is 2.36 bits per heavy atom. The number of hydrogen-bond acceptors (Lipinski definition) is 7. The Kier molecular flexibility index (Phi) is 6.32. The second-order valence-corrected chi connectivity index (χ2v) is 9.10. The van der Waals surface area contributed by atoms with Crippen LogP contribution in [0.5, 0.6) is 11.5 Å². The number of benzene rings is 3. The van der Waals surface area contributed by atoms with Gasteiger partial charge in [-0.2, -0.15) is 0 Å². The van der Waals surface area contributed by atoms with Crippen molar-refractivity contribution in [3.8, 4) is 11.5 Å². The predicted octanol–water partition coefficient (Wildman–Crippen LogP) is 5.26. The molecule has 0 atom stereocenters. The highest BCUT2D eigenvalue weighted by molar-refractivity contribution is 7.22. The molecule has 0 radical (unpaired) electrons. The van der Waals surface area contributed by atoms with Crippen LogP contribution in [0.25, 0.3) is 10.2 Å². The van der Waals surface area contributed by atoms with E-state index in [4.69, 9.17) is 26.1 Å². The summed E-state index contributed by atoms with van der Waals surface area (Å²) in [6.07, 6.45) is 0. The predicted molar refractivity (Wildman–Crippen MR) is 133 cm³/mol. The van der Waals surface area contributed by atoms with Crippen LogP contribution in [0.4, 0.5) is 10.8 Å². The number of thiazole rings is 1. The molecule has 1 fully saturated rings. The molecule has 1 saturated heterocycles. The van der Waals surface area contributed by atoms with Gasteiger partial charge in [-0.15, -0.1) is 0 Å². The van der Waals surface area contributed by atoms with Crippen molar-refractivity contribution in [1.82, 2.24) is 4.98 Å². The number of esters is 1. The number of carbonyl (C=O) groups is 1. The van der Waals surface area contributed by atoms with Gasteiger partial charge < -0.3 is 19.3 Å². The molecule has 168 valence electrons. The molecule has 1 aliphatic rings. The Morgan fingerprint density at radius 1 is 0.909 bits per heavy atom. The van der Waals surface area contributed by atoms with Gasteiger partial charge in [0.2, 0.25) is 0 Å². The number of ether oxygens (including phenoxy) is 2. The molecule has 6 nitrogen and oxygen atoms in total. The van der Waals surface area contributed by atoms with E-state index in [2.05, 4.69) is 34.1 Å². The van der Waals surface area contributed by atoms with E-state index in [9.17, 15) is 4.79 Å². The summed E-state index contributed by atoms with van der Waals surface area (Å²) in [5, 5.41) is 1.60. The summed E-state index contributed by atoms with van der Waals surface area (Å²) < 4.78 is 11.9. The molecule has 5 rings (SSSR count). The summed E-state index contributed by atoms with van der Waals surface area (Å²) in [6, 6.07) is 22.8. The fraction of sp³-hybridized carbons (Fsp3) is 0.200. The molecule has 2 heterocycles. The first kappa shape index (κ1) is 21.6. The molecule has 0 aliphatic carbocycles. The second kappa shape index (κ2) is 9.68. The van der Waals surface area contributed by atoms with Crippen LogP contribution in [0, 0.1) is 0 Å². The number of nitrogens with zero attached hydrogens (tertiary/aromatic N) is 3. The molecule has 0 spiro atoms. The lowest BCUT2D eigenvalue weighted by Gasteiger charge is -2.35. The third kappa shape index (κ3) is 5.21. The number of fused-ring (bicyclic) bond motifs is 1. The van der Waals surface area contributed by atoms with Gasteiger partial charge in [-0.05, 0) is 48.5 Å². The third-order valence-electron chi connectivity index (χ3n) is 5.42. The molecule has 33 heavy (non-hydrogen) atoms. The van der Waals surface area contributed by atoms with Crippen molar-refractivity contribution >= 4 is 49.9 Å². The molecule has 0 amide bonds. The topological polar surface area (TPSA) is 54.9 Å². The zero-order chi connectivity index (χ0) is 22.6. The molecule has 4 aromatic rings. The normalized spacial score (nSPS) is 13.8. The standard InChI is InChI=1S/C25H22ClN3O3S/c26-18-6-8-20(9-7-18)31-17-24(30)32-21-10-11-22-23(16-21)33-25(27-22)29-14-12-28(13-15-29)19-4-2-1-3-5-19/h1-11,16H,12-15,17H2. The van der Waals surface area contributed by atoms with Gasteiger partial charge in [-0.1, -0.05) is 41.1 Å². The maximum absolute atomic E-state index is 12.2. The molecule has 0 bridgehead atoms. The van der Waals surface area contributed by atoms with Gasteiger partial charge >= 0.3 is 5.97 Å². The Labute approximate surface area is 200 Å². The third-order valence-corrected chi connectivity index (χ3v) is 6.75. The molecular formula is C25H22ClN3O3S. The van der Waals surface area contributed by atoms with Crippen molar-refractivity contribution < 1.29 is 14.3 Å². The summed E-state index contributed by atoms with van der Waals surface area (Å²) in [5.41, 5.74) is 2.16. The van der Waals surface area contributed by atoms with Crippen molar-refractivity contribution in [2.24, 2.45) is 0 Å². The van der Waals surface area contributed by atoms with E-state index in [-0.39, 0.29) is 6.61 Å². The van der Waals surface area contributed by atoms with Crippen LogP contribution < -0.4 is 19.3 Å². The van der Waals surface area contributed by atoms with E-state index in [1.54, 1.807) is 41.7 Å². The minimum atomic E-state index is -0.467. The number of anilines is 2. The summed E-state index contributed by atoms with van der Waals surface area (Å²) >= 11 is 7.47. The molecule has 0 saturated carbocycles. The second-order valence-electron chi connectivity index (χ2n) is 7.65. The monoisotopic (exact) mass is 479 g/mol. The number of aromatic nitrogens is 1. The Bertz CT molecular complexity index is 1240. The lowest BCUT2D eigenvalue weighted by molar-refractivity contribution is -0.136. The average Bonchev–Trinajstić information content (AvgIpc) is 3.28. The highest BCUT2D eigenvalue weighted by Crippen LogP contribution is 2.32. The molecule has 0 N–H and O–H groups in total. The first-order valence-electron chi connectivity index (χ1n) is 10.7. The van der Waals surface area contributed by atoms with Crippen LogP contribution in [0.1, 0.15) is 0 Å². The number of halogens is 1. The maximum Gasteiger partial charge on any atom is 0.349 e. The van der Waals surface area contributed by atoms with Crippen molar-refractivity contribution in [2.45, 2.75) is 0 Å². The Morgan fingerprint density at radius 2 is 1.61 bits per heavy atom. The number of hydrogen-bond donors (Lipinski definition) is 0. The van der Waals surface area contributed by atoms with Crippen LogP contribution in [0.15, 0.2) is 72.8 Å². The van der Waals surface area contributed by atoms with Gasteiger partial charge in [0.25, 0.3) is 0 Å². The molecule has 0 unspecified atom stereocenters. The van der Waals surface area contributed by atoms with Gasteiger partial charge in [0.15, 0.2) is 11.7 Å². The number of carbonyl (C=O) groups excluding carboxylic acids is 1. The van der Waals surface area contributed by atoms with Crippen LogP contribution >= 0.6 is 22.9 Å². The minimum Gasteiger partial charge on any atom is -0.482 e. The largest absolute Gasteiger partial charge is 0.482 e. The number of rotatable bonds is 6. The quantitative estimate of drug-likeness (QED) is 0.278. The highest BCUT2D eigenvalue weighted by Gasteiger charge is 2.20. The zero-order valence-electron chi connectivity index (χ0n) is 17.8. The van der Waals surface area contributed by atoms with E-state index in [1.165, 1.54) is 5.69 Å². The summed E-state index contributed by atoms with van der Waals surface area (Å²) in [5.74, 6) is 0.577. The van der Waals surface area contributed by atoms with Crippen LogP contribution in [-0.4, -0.2) is 43.7 Å². The van der Waals surface area contributed by atoms with Crippen LogP contribution in [-0.2, 0) is 4.79 Å². The van der Waals surface area contributed by atoms with Gasteiger partial charge in [-0.25, -0.2) is 9.78 Å². The smallest absolute Gasteiger partial charge is 0.349 e. The lowest BCUT2D eigenvalue weighted by Crippen LogP contribution is -2.46.